The summed E-state index contributed by atoms with van der Waals surface area (Å²) in [7, 11) is 1.37. The van der Waals surface area contributed by atoms with Crippen LogP contribution in [0.15, 0.2) is 6.07 Å². The molecule has 0 unspecified atom stereocenters. The van der Waals surface area contributed by atoms with Crippen molar-refractivity contribution in [2.75, 3.05) is 19.0 Å². The molecule has 0 spiro atoms. The molecule has 0 bridgehead atoms. The van der Waals surface area contributed by atoms with E-state index in [4.69, 9.17) is 0 Å². The molecule has 1 N–H and O–H groups in total. The van der Waals surface area contributed by atoms with Crippen LogP contribution in [-0.4, -0.2) is 29.4 Å². The van der Waals surface area contributed by atoms with E-state index in [0.29, 0.717) is 0 Å². The van der Waals surface area contributed by atoms with E-state index >= 15 is 0 Å². The first kappa shape index (κ1) is 10.6. The lowest BCUT2D eigenvalue weighted by molar-refractivity contribution is -0.138. The van der Waals surface area contributed by atoms with Crippen LogP contribution in [0.5, 0.6) is 0 Å². The van der Waals surface area contributed by atoms with Crippen LogP contribution in [0.3, 0.4) is 0 Å². The van der Waals surface area contributed by atoms with Crippen molar-refractivity contribution in [3.63, 3.8) is 0 Å². The number of aryl methyl sites for hydroxylation is 2. The summed E-state index contributed by atoms with van der Waals surface area (Å²) in [6, 6.07) is 1.90. The standard InChI is InChI=1S/C9H15N3O2/c1-4-12-8(5-7(2)11-12)10-6-9(13)14-3/h5,10H,4,6H2,1-3H3. The maximum Gasteiger partial charge on any atom is 0.325 e. The second-order valence-corrected chi connectivity index (χ2v) is 2.92. The zero-order valence-corrected chi connectivity index (χ0v) is 8.70. The summed E-state index contributed by atoms with van der Waals surface area (Å²) >= 11 is 0. The summed E-state index contributed by atoms with van der Waals surface area (Å²) < 4.78 is 6.32. The molecule has 14 heavy (non-hydrogen) atoms. The molecule has 1 aromatic heterocycles. The van der Waals surface area contributed by atoms with Gasteiger partial charge in [0.2, 0.25) is 0 Å². The molecule has 0 fully saturated rings. The van der Waals surface area contributed by atoms with Gasteiger partial charge in [-0.1, -0.05) is 0 Å². The summed E-state index contributed by atoms with van der Waals surface area (Å²) in [5, 5.41) is 7.20. The molecule has 0 aliphatic heterocycles. The number of aromatic nitrogens is 2. The van der Waals surface area contributed by atoms with Crippen LogP contribution in [0.4, 0.5) is 5.82 Å². The Bertz CT molecular complexity index is 320. The average Bonchev–Trinajstić information content (AvgIpc) is 2.55. The third-order valence-corrected chi connectivity index (χ3v) is 1.84. The number of nitrogens with one attached hydrogen (secondary N) is 1. The van der Waals surface area contributed by atoms with E-state index in [1.165, 1.54) is 7.11 Å². The average molecular weight is 197 g/mol. The summed E-state index contributed by atoms with van der Waals surface area (Å²) in [4.78, 5) is 10.9. The van der Waals surface area contributed by atoms with E-state index in [1.807, 2.05) is 19.9 Å². The Kier molecular flexibility index (Phi) is 3.50. The van der Waals surface area contributed by atoms with Gasteiger partial charge < -0.3 is 10.1 Å². The molecule has 0 saturated carbocycles. The minimum absolute atomic E-state index is 0.168. The number of hydrogen-bond acceptors (Lipinski definition) is 4. The molecule has 0 aromatic carbocycles. The second kappa shape index (κ2) is 4.64. The minimum Gasteiger partial charge on any atom is -0.468 e. The lowest BCUT2D eigenvalue weighted by Gasteiger charge is -2.06. The van der Waals surface area contributed by atoms with Gasteiger partial charge in [0, 0.05) is 12.6 Å². The van der Waals surface area contributed by atoms with E-state index in [0.717, 1.165) is 18.1 Å². The summed E-state index contributed by atoms with van der Waals surface area (Å²) in [5.74, 6) is 0.557. The van der Waals surface area contributed by atoms with Gasteiger partial charge in [-0.15, -0.1) is 0 Å². The topological polar surface area (TPSA) is 56.2 Å². The van der Waals surface area contributed by atoms with Crippen LogP contribution in [-0.2, 0) is 16.1 Å². The van der Waals surface area contributed by atoms with Crippen molar-refractivity contribution in [1.82, 2.24) is 9.78 Å². The zero-order chi connectivity index (χ0) is 10.6. The van der Waals surface area contributed by atoms with Crippen molar-refractivity contribution in [3.05, 3.63) is 11.8 Å². The SMILES string of the molecule is CCn1nc(C)cc1NCC(=O)OC. The predicted octanol–water partition coefficient (Wildman–Crippen LogP) is 0.796. The molecular weight excluding hydrogens is 182 g/mol. The van der Waals surface area contributed by atoms with Crippen molar-refractivity contribution < 1.29 is 9.53 Å². The Morgan fingerprint density at radius 1 is 1.71 bits per heavy atom. The Morgan fingerprint density at radius 2 is 2.43 bits per heavy atom. The van der Waals surface area contributed by atoms with Gasteiger partial charge >= 0.3 is 5.97 Å². The number of nitrogens with zero attached hydrogens (tertiary/aromatic N) is 2. The molecule has 0 saturated heterocycles. The fourth-order valence-corrected chi connectivity index (χ4v) is 1.16. The van der Waals surface area contributed by atoms with Crippen molar-refractivity contribution in [3.8, 4) is 0 Å². The molecule has 1 aromatic rings. The monoisotopic (exact) mass is 197 g/mol. The van der Waals surface area contributed by atoms with Gasteiger partial charge in [-0.25, -0.2) is 4.68 Å². The first-order chi connectivity index (χ1) is 6.67. The van der Waals surface area contributed by atoms with E-state index in [9.17, 15) is 4.79 Å². The molecule has 0 amide bonds. The normalized spacial score (nSPS) is 9.93. The van der Waals surface area contributed by atoms with Gasteiger partial charge in [0.15, 0.2) is 0 Å². The first-order valence-corrected chi connectivity index (χ1v) is 4.52. The summed E-state index contributed by atoms with van der Waals surface area (Å²) in [6.45, 7) is 4.85. The van der Waals surface area contributed by atoms with E-state index in [-0.39, 0.29) is 12.5 Å². The maximum absolute atomic E-state index is 10.9. The Labute approximate surface area is 83.1 Å². The summed E-state index contributed by atoms with van der Waals surface area (Å²) in [6.07, 6.45) is 0. The van der Waals surface area contributed by atoms with E-state index < -0.39 is 0 Å². The molecule has 0 radical (unpaired) electrons. The molecule has 1 heterocycles. The van der Waals surface area contributed by atoms with Gasteiger partial charge in [0.05, 0.1) is 12.8 Å². The lowest BCUT2D eigenvalue weighted by atomic mass is 10.4. The summed E-state index contributed by atoms with van der Waals surface area (Å²) in [5.41, 5.74) is 0.930. The lowest BCUT2D eigenvalue weighted by Crippen LogP contribution is -2.17. The van der Waals surface area contributed by atoms with Gasteiger partial charge in [-0.05, 0) is 13.8 Å². The highest BCUT2D eigenvalue weighted by Gasteiger charge is 2.05. The molecule has 1 rings (SSSR count). The van der Waals surface area contributed by atoms with Crippen molar-refractivity contribution in [2.45, 2.75) is 20.4 Å². The fraction of sp³-hybridized carbons (Fsp3) is 0.556. The van der Waals surface area contributed by atoms with E-state index in [2.05, 4.69) is 15.2 Å². The van der Waals surface area contributed by atoms with Gasteiger partial charge in [-0.3, -0.25) is 4.79 Å². The van der Waals surface area contributed by atoms with Crippen molar-refractivity contribution in [2.24, 2.45) is 0 Å². The maximum atomic E-state index is 10.9. The second-order valence-electron chi connectivity index (χ2n) is 2.92. The minimum atomic E-state index is -0.286. The highest BCUT2D eigenvalue weighted by molar-refractivity contribution is 5.74. The van der Waals surface area contributed by atoms with Crippen molar-refractivity contribution in [1.29, 1.82) is 0 Å². The third kappa shape index (κ3) is 2.48. The van der Waals surface area contributed by atoms with Gasteiger partial charge in [0.25, 0.3) is 0 Å². The molecule has 0 atom stereocenters. The number of carbonyl (C=O) groups is 1. The fourth-order valence-electron chi connectivity index (χ4n) is 1.16. The number of rotatable bonds is 4. The molecule has 0 aliphatic rings. The molecule has 5 heteroatoms. The third-order valence-electron chi connectivity index (χ3n) is 1.84. The van der Waals surface area contributed by atoms with Crippen LogP contribution >= 0.6 is 0 Å². The Balaban J connectivity index is 2.61. The van der Waals surface area contributed by atoms with Crippen LogP contribution in [0.25, 0.3) is 0 Å². The number of hydrogen-bond donors (Lipinski definition) is 1. The van der Waals surface area contributed by atoms with Crippen LogP contribution < -0.4 is 5.32 Å². The Hall–Kier alpha value is -1.52. The van der Waals surface area contributed by atoms with Crippen LogP contribution in [0, 0.1) is 6.92 Å². The number of carbonyl (C=O) groups excluding carboxylic acids is 1. The molecule has 0 aliphatic carbocycles. The van der Waals surface area contributed by atoms with Crippen molar-refractivity contribution >= 4 is 11.8 Å². The number of ether oxygens (including phenoxy) is 1. The van der Waals surface area contributed by atoms with Gasteiger partial charge in [0.1, 0.15) is 12.4 Å². The number of esters is 1. The quantitative estimate of drug-likeness (QED) is 0.725. The highest BCUT2D eigenvalue weighted by atomic mass is 16.5. The van der Waals surface area contributed by atoms with Crippen LogP contribution in [0.2, 0.25) is 0 Å². The number of methoxy groups -OCH3 is 1. The number of anilines is 1. The van der Waals surface area contributed by atoms with Gasteiger partial charge in [-0.2, -0.15) is 5.10 Å². The largest absolute Gasteiger partial charge is 0.468 e. The molecular formula is C9H15N3O2. The van der Waals surface area contributed by atoms with Crippen LogP contribution in [0.1, 0.15) is 12.6 Å². The smallest absolute Gasteiger partial charge is 0.325 e. The highest BCUT2D eigenvalue weighted by Crippen LogP contribution is 2.09. The Morgan fingerprint density at radius 3 is 3.00 bits per heavy atom. The van der Waals surface area contributed by atoms with E-state index in [1.54, 1.807) is 4.68 Å². The molecule has 5 nitrogen and oxygen atoms in total. The molecule has 78 valence electrons. The first-order valence-electron chi connectivity index (χ1n) is 4.52. The zero-order valence-electron chi connectivity index (χ0n) is 8.70. The predicted molar refractivity (Wildman–Crippen MR) is 53.1 cm³/mol.